The summed E-state index contributed by atoms with van der Waals surface area (Å²) >= 11 is 0. The van der Waals surface area contributed by atoms with E-state index in [1.165, 1.54) is 7.11 Å². The van der Waals surface area contributed by atoms with Gasteiger partial charge in [-0.2, -0.15) is 0 Å². The second-order valence-electron chi connectivity index (χ2n) is 5.06. The number of nitrogens with zero attached hydrogens (tertiary/aromatic N) is 1. The lowest BCUT2D eigenvalue weighted by Gasteiger charge is -2.32. The first-order valence-corrected chi connectivity index (χ1v) is 7.19. The Balaban J connectivity index is 2.01. The second-order valence-corrected chi connectivity index (χ2v) is 5.06. The monoisotopic (exact) mass is 293 g/mol. The highest BCUT2D eigenvalue weighted by Crippen LogP contribution is 2.20. The van der Waals surface area contributed by atoms with Gasteiger partial charge in [0.15, 0.2) is 0 Å². The number of morpholine rings is 1. The van der Waals surface area contributed by atoms with Crippen molar-refractivity contribution in [2.45, 2.75) is 13.0 Å². The third-order valence-electron chi connectivity index (χ3n) is 3.64. The van der Waals surface area contributed by atoms with Gasteiger partial charge in [-0.15, -0.1) is 0 Å². The molecule has 0 aromatic heterocycles. The van der Waals surface area contributed by atoms with Gasteiger partial charge in [-0.05, 0) is 24.7 Å². The predicted molar refractivity (Wildman–Crippen MR) is 82.5 cm³/mol. The lowest BCUT2D eigenvalue weighted by molar-refractivity contribution is -0.0191. The van der Waals surface area contributed by atoms with Gasteiger partial charge in [0.05, 0.1) is 25.4 Å². The van der Waals surface area contributed by atoms with E-state index in [-0.39, 0.29) is 6.10 Å². The van der Waals surface area contributed by atoms with Crippen molar-refractivity contribution in [1.82, 2.24) is 4.90 Å². The number of methoxy groups -OCH3 is 1. The van der Waals surface area contributed by atoms with Crippen LogP contribution >= 0.6 is 0 Å². The highest BCUT2D eigenvalue weighted by molar-refractivity contribution is 5.96. The second kappa shape index (κ2) is 7.28. The van der Waals surface area contributed by atoms with Gasteiger partial charge < -0.3 is 20.5 Å². The Bertz CT molecular complexity index is 493. The number of carbonyl (C=O) groups is 1. The van der Waals surface area contributed by atoms with Crippen molar-refractivity contribution in [1.29, 1.82) is 0 Å². The number of rotatable bonds is 5. The van der Waals surface area contributed by atoms with Crippen molar-refractivity contribution in [3.8, 4) is 0 Å². The molecule has 1 heterocycles. The fraction of sp³-hybridized carbons (Fsp3) is 0.533. The number of benzene rings is 1. The quantitative estimate of drug-likeness (QED) is 0.627. The molecule has 21 heavy (non-hydrogen) atoms. The van der Waals surface area contributed by atoms with Crippen LogP contribution in [0.2, 0.25) is 0 Å². The van der Waals surface area contributed by atoms with E-state index in [4.69, 9.17) is 15.2 Å². The van der Waals surface area contributed by atoms with Crippen LogP contribution in [0.4, 0.5) is 11.4 Å². The summed E-state index contributed by atoms with van der Waals surface area (Å²) in [6.45, 7) is 6.42. The molecular formula is C15H23N3O3. The number of hydrogen-bond acceptors (Lipinski definition) is 6. The highest BCUT2D eigenvalue weighted by atomic mass is 16.5. The van der Waals surface area contributed by atoms with Gasteiger partial charge in [-0.25, -0.2) is 4.79 Å². The Morgan fingerprint density at radius 1 is 1.57 bits per heavy atom. The Hall–Kier alpha value is -1.79. The van der Waals surface area contributed by atoms with Crippen molar-refractivity contribution in [2.24, 2.45) is 0 Å². The molecule has 0 radical (unpaired) electrons. The first-order chi connectivity index (χ1) is 10.1. The fourth-order valence-electron chi connectivity index (χ4n) is 2.41. The average molecular weight is 293 g/mol. The molecule has 6 heteroatoms. The van der Waals surface area contributed by atoms with Crippen LogP contribution < -0.4 is 11.1 Å². The molecule has 0 spiro atoms. The molecule has 1 aliphatic rings. The largest absolute Gasteiger partial charge is 0.465 e. The van der Waals surface area contributed by atoms with E-state index in [2.05, 4.69) is 17.1 Å². The van der Waals surface area contributed by atoms with E-state index in [1.807, 2.05) is 0 Å². The number of nitrogen functional groups attached to an aromatic ring is 1. The number of nitrogens with one attached hydrogen (secondary N) is 1. The molecule has 1 aromatic rings. The molecule has 116 valence electrons. The molecule has 1 aliphatic heterocycles. The molecule has 3 N–H and O–H groups in total. The van der Waals surface area contributed by atoms with E-state index < -0.39 is 5.97 Å². The maximum Gasteiger partial charge on any atom is 0.340 e. The summed E-state index contributed by atoms with van der Waals surface area (Å²) in [5.41, 5.74) is 7.42. The molecule has 1 fully saturated rings. The van der Waals surface area contributed by atoms with Crippen LogP contribution in [0, 0.1) is 0 Å². The number of nitrogens with two attached hydrogens (primary N) is 1. The first-order valence-electron chi connectivity index (χ1n) is 7.19. The van der Waals surface area contributed by atoms with Crippen molar-refractivity contribution in [3.05, 3.63) is 23.8 Å². The average Bonchev–Trinajstić information content (AvgIpc) is 2.53. The van der Waals surface area contributed by atoms with Crippen LogP contribution in [-0.2, 0) is 9.47 Å². The van der Waals surface area contributed by atoms with Gasteiger partial charge in [-0.3, -0.25) is 4.90 Å². The van der Waals surface area contributed by atoms with Gasteiger partial charge in [0.25, 0.3) is 0 Å². The third kappa shape index (κ3) is 4.09. The molecule has 2 rings (SSSR count). The molecule has 0 saturated carbocycles. The topological polar surface area (TPSA) is 76.8 Å². The number of hydrogen-bond donors (Lipinski definition) is 2. The van der Waals surface area contributed by atoms with Gasteiger partial charge in [0, 0.05) is 31.0 Å². The lowest BCUT2D eigenvalue weighted by atomic mass is 10.1. The maximum absolute atomic E-state index is 11.8. The zero-order valence-corrected chi connectivity index (χ0v) is 12.6. The zero-order valence-electron chi connectivity index (χ0n) is 12.6. The molecule has 0 bridgehead atoms. The standard InChI is InChI=1S/C15H23N3O3/c1-3-18-6-7-21-12(10-18)9-17-14-5-4-11(16)8-13(14)15(19)20-2/h4-5,8,12,17H,3,6-7,9-10,16H2,1-2H3. The Labute approximate surface area is 125 Å². The first kappa shape index (κ1) is 15.6. The number of carbonyl (C=O) groups excluding carboxylic acids is 1. The molecule has 1 aromatic carbocycles. The summed E-state index contributed by atoms with van der Waals surface area (Å²) in [5, 5.41) is 3.26. The molecule has 1 saturated heterocycles. The van der Waals surface area contributed by atoms with Crippen LogP contribution in [0.15, 0.2) is 18.2 Å². The molecule has 0 aliphatic carbocycles. The van der Waals surface area contributed by atoms with Gasteiger partial charge in [0.1, 0.15) is 0 Å². The van der Waals surface area contributed by atoms with Crippen LogP contribution in [0.5, 0.6) is 0 Å². The van der Waals surface area contributed by atoms with E-state index >= 15 is 0 Å². The number of esters is 1. The molecular weight excluding hydrogens is 270 g/mol. The van der Waals surface area contributed by atoms with Crippen LogP contribution in [0.3, 0.4) is 0 Å². The fourth-order valence-corrected chi connectivity index (χ4v) is 2.41. The summed E-state index contributed by atoms with van der Waals surface area (Å²) in [4.78, 5) is 14.1. The normalized spacial score (nSPS) is 19.2. The van der Waals surface area contributed by atoms with E-state index in [0.717, 1.165) is 26.2 Å². The predicted octanol–water partition coefficient (Wildman–Crippen LogP) is 1.19. The van der Waals surface area contributed by atoms with Gasteiger partial charge in [-0.1, -0.05) is 6.92 Å². The smallest absolute Gasteiger partial charge is 0.340 e. The summed E-state index contributed by atoms with van der Waals surface area (Å²) in [6, 6.07) is 5.17. The highest BCUT2D eigenvalue weighted by Gasteiger charge is 2.20. The minimum Gasteiger partial charge on any atom is -0.465 e. The van der Waals surface area contributed by atoms with Crippen LogP contribution in [-0.4, -0.2) is 56.9 Å². The molecule has 6 nitrogen and oxygen atoms in total. The molecule has 0 amide bonds. The SMILES string of the molecule is CCN1CCOC(CNc2ccc(N)cc2C(=O)OC)C1. The molecule has 1 unspecified atom stereocenters. The van der Waals surface area contributed by atoms with Crippen molar-refractivity contribution in [3.63, 3.8) is 0 Å². The van der Waals surface area contributed by atoms with E-state index in [0.29, 0.717) is 23.5 Å². The number of anilines is 2. The van der Waals surface area contributed by atoms with Crippen LogP contribution in [0.25, 0.3) is 0 Å². The van der Waals surface area contributed by atoms with E-state index in [9.17, 15) is 4.79 Å². The van der Waals surface area contributed by atoms with Crippen molar-refractivity contribution in [2.75, 3.05) is 50.9 Å². The maximum atomic E-state index is 11.8. The Kier molecular flexibility index (Phi) is 5.41. The lowest BCUT2D eigenvalue weighted by Crippen LogP contribution is -2.45. The molecule has 1 atom stereocenters. The summed E-state index contributed by atoms with van der Waals surface area (Å²) in [6.07, 6.45) is 0.113. The van der Waals surface area contributed by atoms with E-state index in [1.54, 1.807) is 18.2 Å². The van der Waals surface area contributed by atoms with Crippen molar-refractivity contribution >= 4 is 17.3 Å². The zero-order chi connectivity index (χ0) is 15.2. The van der Waals surface area contributed by atoms with Crippen LogP contribution in [0.1, 0.15) is 17.3 Å². The Morgan fingerprint density at radius 3 is 3.10 bits per heavy atom. The minimum atomic E-state index is -0.399. The Morgan fingerprint density at radius 2 is 2.38 bits per heavy atom. The summed E-state index contributed by atoms with van der Waals surface area (Å²) in [5.74, 6) is -0.399. The van der Waals surface area contributed by atoms with Gasteiger partial charge >= 0.3 is 5.97 Å². The number of ether oxygens (including phenoxy) is 2. The summed E-state index contributed by atoms with van der Waals surface area (Å²) < 4.78 is 10.5. The summed E-state index contributed by atoms with van der Waals surface area (Å²) in [7, 11) is 1.36. The number of likely N-dealkylation sites (N-methyl/N-ethyl adjacent to an activating group) is 1. The van der Waals surface area contributed by atoms with Gasteiger partial charge in [0.2, 0.25) is 0 Å². The third-order valence-corrected chi connectivity index (χ3v) is 3.64. The van der Waals surface area contributed by atoms with Crippen molar-refractivity contribution < 1.29 is 14.3 Å². The minimum absolute atomic E-state index is 0.113.